The Morgan fingerprint density at radius 2 is 1.90 bits per heavy atom. The van der Waals surface area contributed by atoms with Crippen LogP contribution in [0.4, 0.5) is 0 Å². The number of aliphatic hydroxyl groups is 1. The van der Waals surface area contributed by atoms with Gasteiger partial charge in [-0.05, 0) is 69.2 Å². The Balaban J connectivity index is 1.76. The van der Waals surface area contributed by atoms with E-state index in [1.165, 1.54) is 7.05 Å². The summed E-state index contributed by atoms with van der Waals surface area (Å²) in [5, 5.41) is 13.5. The number of carbonyl (C=O) groups is 2. The number of pyridine rings is 1. The van der Waals surface area contributed by atoms with Crippen LogP contribution in [0.15, 0.2) is 34.7 Å². The van der Waals surface area contributed by atoms with Gasteiger partial charge in [0.1, 0.15) is 11.5 Å². The summed E-state index contributed by atoms with van der Waals surface area (Å²) in [6.45, 7) is 7.13. The Hall–Kier alpha value is -2.55. The number of nitrogens with one attached hydrogen (secondary N) is 2. The van der Waals surface area contributed by atoms with Gasteiger partial charge < -0.3 is 19.6 Å². The average molecular weight is 672 g/mol. The molecule has 0 aliphatic carbocycles. The smallest absolute Gasteiger partial charge is 0.314 e. The standard InChI is InChI=1S/C27H34IN3O7S/c1-6-37-26(34)27(3,4)21(32)8-7-13-30-39(35,36)15-20-19(28)14-18-22(24(33)29-5)23(38-25(18)31-20)17-11-9-16(2)10-12-17/h9-12,14,21,30,32H,6-8,13,15H2,1-5H3,(H,29,33). The van der Waals surface area contributed by atoms with Crippen molar-refractivity contribution < 1.29 is 32.3 Å². The highest BCUT2D eigenvalue weighted by Gasteiger charge is 2.36. The van der Waals surface area contributed by atoms with Crippen molar-refractivity contribution in [1.29, 1.82) is 0 Å². The van der Waals surface area contributed by atoms with Crippen molar-refractivity contribution in [2.24, 2.45) is 5.41 Å². The fourth-order valence-electron chi connectivity index (χ4n) is 3.96. The molecule has 0 spiro atoms. The Bertz CT molecular complexity index is 1450. The second kappa shape index (κ2) is 12.7. The van der Waals surface area contributed by atoms with Crippen LogP contribution in [0, 0.1) is 15.9 Å². The molecule has 3 aromatic rings. The largest absolute Gasteiger partial charge is 0.466 e. The molecule has 10 nitrogen and oxygen atoms in total. The number of nitrogens with zero attached hydrogens (tertiary/aromatic N) is 1. The SMILES string of the molecule is CCOC(=O)C(C)(C)C(O)CCCNS(=O)(=O)Cc1nc2oc(-c3ccc(C)cc3)c(C(=O)NC)c2cc1I. The number of carbonyl (C=O) groups excluding carboxylic acids is 2. The van der Waals surface area contributed by atoms with Crippen molar-refractivity contribution in [3.8, 4) is 11.3 Å². The minimum Gasteiger partial charge on any atom is -0.466 e. The van der Waals surface area contributed by atoms with Gasteiger partial charge in [-0.1, -0.05) is 29.8 Å². The zero-order valence-electron chi connectivity index (χ0n) is 22.6. The van der Waals surface area contributed by atoms with Crippen LogP contribution in [0.25, 0.3) is 22.4 Å². The zero-order chi connectivity index (χ0) is 29.0. The van der Waals surface area contributed by atoms with Gasteiger partial charge in [-0.3, -0.25) is 9.59 Å². The van der Waals surface area contributed by atoms with E-state index in [0.29, 0.717) is 32.3 Å². The van der Waals surface area contributed by atoms with Crippen LogP contribution in [0.3, 0.4) is 0 Å². The number of halogens is 1. The van der Waals surface area contributed by atoms with Gasteiger partial charge in [-0.25, -0.2) is 18.1 Å². The maximum atomic E-state index is 12.8. The van der Waals surface area contributed by atoms with Crippen molar-refractivity contribution in [2.45, 2.75) is 52.4 Å². The van der Waals surface area contributed by atoms with Crippen molar-refractivity contribution >= 4 is 55.6 Å². The van der Waals surface area contributed by atoms with Crippen LogP contribution in [-0.4, -0.2) is 56.7 Å². The lowest BCUT2D eigenvalue weighted by molar-refractivity contribution is -0.160. The fraction of sp³-hybridized carbons (Fsp3) is 0.444. The van der Waals surface area contributed by atoms with Crippen LogP contribution in [0.2, 0.25) is 0 Å². The van der Waals surface area contributed by atoms with Crippen LogP contribution in [0.1, 0.15) is 55.2 Å². The van der Waals surface area contributed by atoms with Crippen molar-refractivity contribution in [2.75, 3.05) is 20.2 Å². The molecular weight excluding hydrogens is 637 g/mol. The van der Waals surface area contributed by atoms with Crippen molar-refractivity contribution in [3.63, 3.8) is 0 Å². The molecule has 3 rings (SSSR count). The third-order valence-electron chi connectivity index (χ3n) is 6.41. The minimum atomic E-state index is -3.78. The topological polar surface area (TPSA) is 148 Å². The molecule has 1 amide bonds. The van der Waals surface area contributed by atoms with E-state index in [2.05, 4.69) is 15.0 Å². The molecule has 2 heterocycles. The van der Waals surface area contributed by atoms with Crippen molar-refractivity contribution in [3.05, 3.63) is 50.7 Å². The number of aromatic nitrogens is 1. The molecule has 1 aromatic carbocycles. The Morgan fingerprint density at radius 3 is 2.51 bits per heavy atom. The van der Waals surface area contributed by atoms with Crippen LogP contribution < -0.4 is 10.0 Å². The van der Waals surface area contributed by atoms with E-state index in [4.69, 9.17) is 9.15 Å². The highest BCUT2D eigenvalue weighted by Crippen LogP contribution is 2.34. The lowest BCUT2D eigenvalue weighted by atomic mass is 9.84. The molecule has 2 aromatic heterocycles. The molecule has 12 heteroatoms. The molecule has 0 saturated heterocycles. The number of benzene rings is 1. The van der Waals surface area contributed by atoms with Gasteiger partial charge in [0.15, 0.2) is 0 Å². The van der Waals surface area contributed by atoms with E-state index >= 15 is 0 Å². The number of hydrogen-bond donors (Lipinski definition) is 3. The van der Waals surface area contributed by atoms with Crippen molar-refractivity contribution in [1.82, 2.24) is 15.0 Å². The van der Waals surface area contributed by atoms with E-state index in [-0.39, 0.29) is 36.9 Å². The molecule has 0 saturated carbocycles. The molecule has 0 aliphatic rings. The average Bonchev–Trinajstić information content (AvgIpc) is 3.24. The number of furan rings is 1. The quantitative estimate of drug-likeness (QED) is 0.149. The van der Waals surface area contributed by atoms with E-state index in [1.807, 2.05) is 53.8 Å². The second-order valence-electron chi connectivity index (χ2n) is 9.77. The normalized spacial score (nSPS) is 12.9. The Kier molecular flexibility index (Phi) is 10.1. The molecule has 0 fully saturated rings. The number of rotatable bonds is 12. The van der Waals surface area contributed by atoms with E-state index in [1.54, 1.807) is 26.8 Å². The zero-order valence-corrected chi connectivity index (χ0v) is 25.6. The second-order valence-corrected chi connectivity index (χ2v) is 12.7. The number of sulfonamides is 1. The molecule has 3 N–H and O–H groups in total. The summed E-state index contributed by atoms with van der Waals surface area (Å²) in [5.41, 5.74) is 1.44. The monoisotopic (exact) mass is 671 g/mol. The molecule has 0 radical (unpaired) electrons. The molecule has 0 aliphatic heterocycles. The number of ether oxygens (including phenoxy) is 1. The number of aliphatic hydroxyl groups excluding tert-OH is 1. The first kappa shape index (κ1) is 31.0. The van der Waals surface area contributed by atoms with E-state index in [0.717, 1.165) is 5.56 Å². The summed E-state index contributed by atoms with van der Waals surface area (Å²) in [6, 6.07) is 9.23. The Labute approximate surface area is 242 Å². The van der Waals surface area contributed by atoms with Crippen LogP contribution in [-0.2, 0) is 25.3 Å². The van der Waals surface area contributed by atoms with Gasteiger partial charge in [0.2, 0.25) is 15.7 Å². The van der Waals surface area contributed by atoms with E-state index < -0.39 is 33.3 Å². The third-order valence-corrected chi connectivity index (χ3v) is 8.65. The lowest BCUT2D eigenvalue weighted by Crippen LogP contribution is -2.39. The first-order valence-electron chi connectivity index (χ1n) is 12.5. The maximum absolute atomic E-state index is 12.8. The number of esters is 1. The molecule has 1 unspecified atom stereocenters. The molecule has 212 valence electrons. The summed E-state index contributed by atoms with van der Waals surface area (Å²) < 4.78 is 39.7. The summed E-state index contributed by atoms with van der Waals surface area (Å²) in [5.74, 6) is -0.877. The van der Waals surface area contributed by atoms with Gasteiger partial charge in [0, 0.05) is 22.7 Å². The lowest BCUT2D eigenvalue weighted by Gasteiger charge is -2.28. The first-order chi connectivity index (χ1) is 18.3. The molecular formula is C27H34IN3O7S. The molecule has 0 bridgehead atoms. The number of amides is 1. The maximum Gasteiger partial charge on any atom is 0.314 e. The van der Waals surface area contributed by atoms with Gasteiger partial charge >= 0.3 is 5.97 Å². The number of fused-ring (bicyclic) bond motifs is 1. The Morgan fingerprint density at radius 1 is 1.23 bits per heavy atom. The summed E-state index contributed by atoms with van der Waals surface area (Å²) in [6.07, 6.45) is -0.449. The molecule has 39 heavy (non-hydrogen) atoms. The van der Waals surface area contributed by atoms with E-state index in [9.17, 15) is 23.1 Å². The minimum absolute atomic E-state index is 0.0796. The van der Waals surface area contributed by atoms with Gasteiger partial charge in [-0.2, -0.15) is 0 Å². The predicted octanol–water partition coefficient (Wildman–Crippen LogP) is 3.92. The highest BCUT2D eigenvalue weighted by atomic mass is 127. The predicted molar refractivity (Wildman–Crippen MR) is 157 cm³/mol. The summed E-state index contributed by atoms with van der Waals surface area (Å²) >= 11 is 2.00. The van der Waals surface area contributed by atoms with Crippen LogP contribution in [0.5, 0.6) is 0 Å². The fourth-order valence-corrected chi connectivity index (χ4v) is 5.98. The van der Waals surface area contributed by atoms with Gasteiger partial charge in [0.25, 0.3) is 5.91 Å². The summed E-state index contributed by atoms with van der Waals surface area (Å²) in [7, 11) is -2.25. The highest BCUT2D eigenvalue weighted by molar-refractivity contribution is 14.1. The van der Waals surface area contributed by atoms with Gasteiger partial charge in [0.05, 0.1) is 34.8 Å². The van der Waals surface area contributed by atoms with Crippen LogP contribution >= 0.6 is 22.6 Å². The van der Waals surface area contributed by atoms with Gasteiger partial charge in [-0.15, -0.1) is 0 Å². The number of aryl methyl sites for hydroxylation is 1. The first-order valence-corrected chi connectivity index (χ1v) is 15.3. The number of hydrogen-bond acceptors (Lipinski definition) is 8. The summed E-state index contributed by atoms with van der Waals surface area (Å²) in [4.78, 5) is 29.3. The molecule has 1 atom stereocenters. The third kappa shape index (κ3) is 7.35.